The van der Waals surface area contributed by atoms with Crippen molar-refractivity contribution in [3.8, 4) is 0 Å². The Morgan fingerprint density at radius 3 is 1.02 bits per heavy atom. The van der Waals surface area contributed by atoms with Crippen LogP contribution in [0.4, 0.5) is 22.2 Å². The van der Waals surface area contributed by atoms with Crippen molar-refractivity contribution >= 4 is 124 Å². The molecular formula is C75H87N19OS2. The third-order valence-electron chi connectivity index (χ3n) is 17.9. The first-order valence-corrected chi connectivity index (χ1v) is 34.8. The number of fused-ring (bicyclic) bond motifs is 9. The minimum Gasteiger partial charge on any atom is -0.382 e. The van der Waals surface area contributed by atoms with E-state index in [9.17, 15) is 4.79 Å². The summed E-state index contributed by atoms with van der Waals surface area (Å²) in [6, 6.07) is 49.7. The van der Waals surface area contributed by atoms with Gasteiger partial charge in [-0.1, -0.05) is 167 Å². The number of nitrogen functional groups attached to an aromatic ring is 3. The summed E-state index contributed by atoms with van der Waals surface area (Å²) in [5, 5.41) is 24.0. The van der Waals surface area contributed by atoms with Crippen LogP contribution in [0.3, 0.4) is 0 Å². The fourth-order valence-electron chi connectivity index (χ4n) is 12.7. The quantitative estimate of drug-likeness (QED) is 0.0190. The van der Waals surface area contributed by atoms with E-state index in [1.54, 1.807) is 0 Å². The SMILES string of the molecule is CCCCc1nc2c(N)nc3ccccc3c2n1Cc1ccc(CNC(=O)NCCN(CCNC(=S)NCc2ccc(Cn3c(CCCC)nc4c(N)nc5ccccc5c43)cc2)CCNC(=S)NCc2ccc(Cn3c(CCCC)nc4c(N)nc5ccccc5c43)cc2)cc1. The number of imidazole rings is 3. The first kappa shape index (κ1) is 67.0. The van der Waals surface area contributed by atoms with Crippen LogP contribution in [0.15, 0.2) is 146 Å². The summed E-state index contributed by atoms with van der Waals surface area (Å²) >= 11 is 11.6. The molecule has 6 aromatic carbocycles. The number of hydrogen-bond donors (Lipinski definition) is 9. The molecule has 500 valence electrons. The molecule has 12 N–H and O–H groups in total. The van der Waals surface area contributed by atoms with Gasteiger partial charge < -0.3 is 62.8 Å². The maximum Gasteiger partial charge on any atom is 0.315 e. The zero-order valence-corrected chi connectivity index (χ0v) is 57.3. The molecule has 2 amide bonds. The first-order chi connectivity index (χ1) is 47.4. The van der Waals surface area contributed by atoms with Gasteiger partial charge >= 0.3 is 6.03 Å². The van der Waals surface area contributed by atoms with Gasteiger partial charge in [-0.3, -0.25) is 4.90 Å². The van der Waals surface area contributed by atoms with E-state index in [-0.39, 0.29) is 6.03 Å². The van der Waals surface area contributed by atoms with Crippen LogP contribution in [0.5, 0.6) is 0 Å². The topological polar surface area (TPSA) is 263 Å². The number of benzene rings is 6. The molecule has 12 rings (SSSR count). The number of pyridine rings is 3. The highest BCUT2D eigenvalue weighted by molar-refractivity contribution is 7.80. The molecule has 0 saturated carbocycles. The lowest BCUT2D eigenvalue weighted by molar-refractivity contribution is 0.235. The summed E-state index contributed by atoms with van der Waals surface area (Å²) < 4.78 is 6.92. The molecule has 0 spiro atoms. The second kappa shape index (κ2) is 31.7. The lowest BCUT2D eigenvalue weighted by atomic mass is 10.1. The second-order valence-electron chi connectivity index (χ2n) is 24.9. The minimum atomic E-state index is -0.243. The van der Waals surface area contributed by atoms with Gasteiger partial charge in [0.2, 0.25) is 0 Å². The Hall–Kier alpha value is -10.0. The molecule has 0 fully saturated rings. The summed E-state index contributed by atoms with van der Waals surface area (Å²) in [5.74, 6) is 4.39. The molecule has 97 heavy (non-hydrogen) atoms. The number of thiocarbonyl (C=S) groups is 2. The van der Waals surface area contributed by atoms with Gasteiger partial charge in [0.15, 0.2) is 27.7 Å². The maximum absolute atomic E-state index is 13.4. The normalized spacial score (nSPS) is 11.6. The highest BCUT2D eigenvalue weighted by Crippen LogP contribution is 2.34. The molecule has 12 aromatic rings. The number of anilines is 3. The molecule has 6 aromatic heterocycles. The fourth-order valence-corrected chi connectivity index (χ4v) is 13.0. The van der Waals surface area contributed by atoms with Crippen LogP contribution in [-0.2, 0) is 58.5 Å². The number of nitrogens with two attached hydrogens (primary N) is 3. The number of nitrogens with zero attached hydrogens (tertiary/aromatic N) is 10. The third kappa shape index (κ3) is 16.1. The van der Waals surface area contributed by atoms with Crippen molar-refractivity contribution in [3.05, 3.63) is 196 Å². The number of nitrogens with one attached hydrogen (secondary N) is 6. The summed E-state index contributed by atoms with van der Waals surface area (Å²) in [5.41, 5.74) is 34.0. The molecule has 0 unspecified atom stereocenters. The van der Waals surface area contributed by atoms with E-state index in [0.29, 0.717) is 106 Å². The number of aromatic nitrogens is 9. The van der Waals surface area contributed by atoms with Crippen molar-refractivity contribution < 1.29 is 4.79 Å². The molecule has 0 atom stereocenters. The zero-order chi connectivity index (χ0) is 67.2. The standard InChI is InChI=1S/C75H87N19OS2/c1-4-7-22-61-88-64-67(55-16-10-13-19-58(55)85-70(64)76)92(61)46-52-31-25-49(26-32-52)43-82-73(95)79-37-40-91(41-38-80-74(96)83-44-50-27-33-53(34-28-50)47-93-62(23-8-5-2)89-65-68(93)56-17-11-14-20-59(56)86-71(65)77)42-39-81-75(97)84-45-51-29-35-54(36-30-51)48-94-63(24-9-6-3)90-66-69(94)57-18-12-15-21-60(57)87-72(66)78/h10-21,25-36H,4-9,22-24,37-48H2,1-3H3,(H2,76,85)(H2,77,86)(H2,78,87)(H2,79,82,95)(H2,80,83,96)(H2,81,84,97). The first-order valence-electron chi connectivity index (χ1n) is 34.0. The second-order valence-corrected chi connectivity index (χ2v) is 25.7. The molecule has 0 aliphatic rings. The van der Waals surface area contributed by atoms with Crippen molar-refractivity contribution in [1.82, 2.24) is 80.4 Å². The number of aryl methyl sites for hydroxylation is 3. The van der Waals surface area contributed by atoms with Crippen molar-refractivity contribution in [2.24, 2.45) is 0 Å². The van der Waals surface area contributed by atoms with Gasteiger partial charge in [-0.25, -0.2) is 34.7 Å². The van der Waals surface area contributed by atoms with Crippen molar-refractivity contribution in [2.75, 3.05) is 56.5 Å². The number of hydrogen-bond acceptors (Lipinski definition) is 13. The van der Waals surface area contributed by atoms with Gasteiger partial charge in [0.05, 0.1) is 33.1 Å². The lowest BCUT2D eigenvalue weighted by Gasteiger charge is -2.24. The molecule has 6 heterocycles. The number of urea groups is 1. The smallest absolute Gasteiger partial charge is 0.315 e. The molecule has 20 nitrogen and oxygen atoms in total. The Balaban J connectivity index is 0.642. The highest BCUT2D eigenvalue weighted by Gasteiger charge is 2.22. The molecule has 22 heteroatoms. The van der Waals surface area contributed by atoms with Gasteiger partial charge in [-0.15, -0.1) is 0 Å². The van der Waals surface area contributed by atoms with Crippen LogP contribution in [0.25, 0.3) is 65.8 Å². The molecule has 0 aliphatic heterocycles. The summed E-state index contributed by atoms with van der Waals surface area (Å²) in [6.45, 7) is 13.5. The number of amides is 2. The van der Waals surface area contributed by atoms with E-state index >= 15 is 0 Å². The Kier molecular flexibility index (Phi) is 21.9. The van der Waals surface area contributed by atoms with E-state index in [2.05, 4.69) is 177 Å². The molecule has 0 bridgehead atoms. The molecular weight excluding hydrogens is 1250 g/mol. The number of carbonyl (C=O) groups is 1. The largest absolute Gasteiger partial charge is 0.382 e. The van der Waals surface area contributed by atoms with Gasteiger partial charge in [0, 0.05) is 114 Å². The van der Waals surface area contributed by atoms with Crippen LogP contribution in [0.1, 0.15) is 110 Å². The number of rotatable bonds is 30. The summed E-state index contributed by atoms with van der Waals surface area (Å²) in [7, 11) is 0. The lowest BCUT2D eigenvalue weighted by Crippen LogP contribution is -2.46. The Morgan fingerprint density at radius 1 is 0.392 bits per heavy atom. The zero-order valence-electron chi connectivity index (χ0n) is 55.6. The van der Waals surface area contributed by atoms with Crippen LogP contribution in [-0.4, -0.2) is 104 Å². The van der Waals surface area contributed by atoms with Gasteiger partial charge in [-0.05, 0) is 95.3 Å². The van der Waals surface area contributed by atoms with Gasteiger partial charge in [-0.2, -0.15) is 0 Å². The third-order valence-corrected chi connectivity index (χ3v) is 18.5. The molecule has 0 saturated heterocycles. The van der Waals surface area contributed by atoms with Gasteiger partial charge in [0.1, 0.15) is 34.0 Å². The highest BCUT2D eigenvalue weighted by atomic mass is 32.1. The fraction of sp³-hybridized carbons (Fsp3) is 0.320. The average molecular weight is 1330 g/mol. The monoisotopic (exact) mass is 1330 g/mol. The minimum absolute atomic E-state index is 0.243. The summed E-state index contributed by atoms with van der Waals surface area (Å²) in [6.07, 6.45) is 8.84. The van der Waals surface area contributed by atoms with E-state index in [1.807, 2.05) is 54.6 Å². The Morgan fingerprint density at radius 2 is 0.691 bits per heavy atom. The Bertz CT molecular complexity index is 4260. The molecule has 0 radical (unpaired) electrons. The van der Waals surface area contributed by atoms with Crippen molar-refractivity contribution in [2.45, 2.75) is 118 Å². The number of unbranched alkanes of at least 4 members (excludes halogenated alkanes) is 3. The van der Waals surface area contributed by atoms with Crippen LogP contribution >= 0.6 is 24.4 Å². The number of para-hydroxylation sites is 3. The summed E-state index contributed by atoms with van der Waals surface area (Å²) in [4.78, 5) is 44.7. The van der Waals surface area contributed by atoms with Crippen LogP contribution < -0.4 is 49.1 Å². The average Bonchev–Trinajstić information content (AvgIpc) is 1.65. The predicted octanol–water partition coefficient (Wildman–Crippen LogP) is 11.7. The number of carbonyl (C=O) groups excluding carboxylic acids is 1. The maximum atomic E-state index is 13.4. The van der Waals surface area contributed by atoms with E-state index in [4.69, 9.17) is 56.6 Å². The van der Waals surface area contributed by atoms with Crippen molar-refractivity contribution in [1.29, 1.82) is 0 Å². The predicted molar refractivity (Wildman–Crippen MR) is 402 cm³/mol. The van der Waals surface area contributed by atoms with Crippen molar-refractivity contribution in [3.63, 3.8) is 0 Å². The van der Waals surface area contributed by atoms with Crippen LogP contribution in [0, 0.1) is 0 Å². The van der Waals surface area contributed by atoms with E-state index in [0.717, 1.165) is 174 Å². The molecule has 0 aliphatic carbocycles. The van der Waals surface area contributed by atoms with Crippen LogP contribution in [0.2, 0.25) is 0 Å². The van der Waals surface area contributed by atoms with E-state index in [1.165, 1.54) is 0 Å². The van der Waals surface area contributed by atoms with E-state index < -0.39 is 0 Å². The van der Waals surface area contributed by atoms with Gasteiger partial charge in [0.25, 0.3) is 0 Å². The Labute approximate surface area is 576 Å².